The monoisotopic (exact) mass is 145 g/mol. The fraction of sp³-hybridized carbons (Fsp3) is 1.00. The van der Waals surface area contributed by atoms with Crippen LogP contribution in [0.25, 0.3) is 0 Å². The molecule has 0 aromatic carbocycles. The highest BCUT2D eigenvalue weighted by atomic mass is 35.5. The van der Waals surface area contributed by atoms with Gasteiger partial charge in [0.15, 0.2) is 0 Å². The van der Waals surface area contributed by atoms with E-state index in [1.165, 1.54) is 0 Å². The normalized spacial score (nSPS) is 10.7. The van der Waals surface area contributed by atoms with E-state index in [2.05, 4.69) is 12.6 Å². The Hall–Kier alpha value is 0.560. The molecule has 0 aromatic rings. The first kappa shape index (κ1) is 15.6. The zero-order valence-corrected chi connectivity index (χ0v) is 6.01. The first-order chi connectivity index (χ1) is 2.27. The molecule has 0 amide bonds. The predicted octanol–water partition coefficient (Wildman–Crippen LogP) is 1.23. The molecule has 0 saturated carbocycles. The van der Waals surface area contributed by atoms with Crippen molar-refractivity contribution >= 4 is 25.0 Å². The van der Waals surface area contributed by atoms with Gasteiger partial charge < -0.3 is 11.3 Å². The molecule has 0 aromatic heterocycles. The minimum atomic E-state index is -0.421. The molecule has 0 aliphatic carbocycles. The lowest BCUT2D eigenvalue weighted by Gasteiger charge is -1.89. The van der Waals surface area contributed by atoms with Gasteiger partial charge in [0.05, 0.1) is 5.44 Å². The van der Waals surface area contributed by atoms with Crippen molar-refractivity contribution in [1.29, 1.82) is 0 Å². The zero-order chi connectivity index (χ0) is 4.28. The molecule has 7 heavy (non-hydrogen) atoms. The van der Waals surface area contributed by atoms with Gasteiger partial charge in [0.25, 0.3) is 0 Å². The lowest BCUT2D eigenvalue weighted by Crippen LogP contribution is -1.88. The third-order valence-electron chi connectivity index (χ3n) is 0.365. The summed E-state index contributed by atoms with van der Waals surface area (Å²) < 4.78 is 0. The Morgan fingerprint density at radius 2 is 1.86 bits per heavy atom. The summed E-state index contributed by atoms with van der Waals surface area (Å²) in [7, 11) is 0. The number of hydrogen-bond acceptors (Lipinski definition) is 3. The molecule has 0 spiro atoms. The minimum Gasteiger partial charge on any atom is -0.383 e. The Balaban J connectivity index is -0.0000000800. The van der Waals surface area contributed by atoms with Gasteiger partial charge in [-0.05, 0) is 6.42 Å². The average Bonchev–Trinajstić information content (AvgIpc) is 1.38. The van der Waals surface area contributed by atoms with Crippen molar-refractivity contribution in [3.63, 3.8) is 0 Å². The van der Waals surface area contributed by atoms with E-state index in [9.17, 15) is 0 Å². The van der Waals surface area contributed by atoms with E-state index in [1.807, 2.05) is 6.92 Å². The maximum absolute atomic E-state index is 8.23. The van der Waals surface area contributed by atoms with Crippen LogP contribution in [0.5, 0.6) is 0 Å². The summed E-state index contributed by atoms with van der Waals surface area (Å²) >= 11 is 3.65. The van der Waals surface area contributed by atoms with E-state index in [0.29, 0.717) is 0 Å². The van der Waals surface area contributed by atoms with E-state index in [4.69, 9.17) is 5.11 Å². The molecule has 0 fully saturated rings. The highest BCUT2D eigenvalue weighted by molar-refractivity contribution is 7.80. The Kier molecular flexibility index (Phi) is 21.8. The van der Waals surface area contributed by atoms with Gasteiger partial charge in [0.2, 0.25) is 0 Å². The maximum Gasteiger partial charge on any atom is 0.0962 e. The molecule has 0 radical (unpaired) electrons. The molecule has 4 N–H and O–H groups in total. The fourth-order valence-electron chi connectivity index (χ4n) is 0. The summed E-state index contributed by atoms with van der Waals surface area (Å²) in [5, 5.41) is 8.23. The molecule has 0 heterocycles. The topological polar surface area (TPSA) is 55.2 Å². The Bertz CT molecular complexity index is 28.9. The Morgan fingerprint density at radius 1 is 1.71 bits per heavy atom. The van der Waals surface area contributed by atoms with Crippen molar-refractivity contribution < 1.29 is 5.11 Å². The summed E-state index contributed by atoms with van der Waals surface area (Å²) in [6, 6.07) is 0. The lowest BCUT2D eigenvalue weighted by molar-refractivity contribution is 0.261. The molecule has 48 valence electrons. The molecule has 2 nitrogen and oxygen atoms in total. The van der Waals surface area contributed by atoms with Crippen LogP contribution in [-0.2, 0) is 0 Å². The number of aliphatic hydroxyl groups excluding tert-OH is 1. The summed E-state index contributed by atoms with van der Waals surface area (Å²) in [5.41, 5.74) is -0.421. The van der Waals surface area contributed by atoms with Gasteiger partial charge in [-0.15, -0.1) is 25.0 Å². The standard InChI is InChI=1S/C3H8OS.ClH.H3N/c1-2-3(4)5;;/h3-5H,2H2,1H3;1H;1H3. The van der Waals surface area contributed by atoms with E-state index in [-0.39, 0.29) is 18.6 Å². The van der Waals surface area contributed by atoms with Gasteiger partial charge in [-0.2, -0.15) is 0 Å². The smallest absolute Gasteiger partial charge is 0.0962 e. The molecule has 1 unspecified atom stereocenters. The Labute approximate surface area is 55.7 Å². The van der Waals surface area contributed by atoms with Crippen molar-refractivity contribution in [3.8, 4) is 0 Å². The molecule has 0 rings (SSSR count). The van der Waals surface area contributed by atoms with Crippen LogP contribution in [0.2, 0.25) is 0 Å². The second-order valence-corrected chi connectivity index (χ2v) is 1.48. The average molecular weight is 146 g/mol. The van der Waals surface area contributed by atoms with Crippen LogP contribution in [0.1, 0.15) is 13.3 Å². The summed E-state index contributed by atoms with van der Waals surface area (Å²) in [4.78, 5) is 0. The van der Waals surface area contributed by atoms with E-state index < -0.39 is 5.44 Å². The highest BCUT2D eigenvalue weighted by Crippen LogP contribution is 1.90. The van der Waals surface area contributed by atoms with Crippen LogP contribution in [0.15, 0.2) is 0 Å². The number of rotatable bonds is 1. The number of hydrogen-bond donors (Lipinski definition) is 3. The van der Waals surface area contributed by atoms with Gasteiger partial charge in [-0.3, -0.25) is 0 Å². The molecule has 0 aliphatic rings. The fourth-order valence-corrected chi connectivity index (χ4v) is 0. The lowest BCUT2D eigenvalue weighted by atomic mass is 10.5. The molecular formula is C3H12ClNOS. The molecule has 1 atom stereocenters. The van der Waals surface area contributed by atoms with Crippen molar-refractivity contribution in [2.24, 2.45) is 0 Å². The van der Waals surface area contributed by atoms with Crippen LogP contribution in [0.3, 0.4) is 0 Å². The third kappa shape index (κ3) is 20.8. The minimum absolute atomic E-state index is 0. The van der Waals surface area contributed by atoms with E-state index in [0.717, 1.165) is 6.42 Å². The van der Waals surface area contributed by atoms with E-state index in [1.54, 1.807) is 0 Å². The van der Waals surface area contributed by atoms with Crippen LogP contribution in [-0.4, -0.2) is 10.5 Å². The summed E-state index contributed by atoms with van der Waals surface area (Å²) in [5.74, 6) is 0. The van der Waals surface area contributed by atoms with Crippen molar-refractivity contribution in [2.75, 3.05) is 0 Å². The van der Waals surface area contributed by atoms with Gasteiger partial charge in [0.1, 0.15) is 0 Å². The summed E-state index contributed by atoms with van der Waals surface area (Å²) in [6.07, 6.45) is 0.725. The van der Waals surface area contributed by atoms with E-state index >= 15 is 0 Å². The van der Waals surface area contributed by atoms with Gasteiger partial charge in [0, 0.05) is 0 Å². The van der Waals surface area contributed by atoms with Crippen LogP contribution in [0, 0.1) is 0 Å². The molecule has 0 saturated heterocycles. The van der Waals surface area contributed by atoms with Crippen molar-refractivity contribution in [1.82, 2.24) is 6.15 Å². The second kappa shape index (κ2) is 9.75. The van der Waals surface area contributed by atoms with Crippen LogP contribution >= 0.6 is 25.0 Å². The van der Waals surface area contributed by atoms with Gasteiger partial charge in [-0.1, -0.05) is 6.92 Å². The predicted molar refractivity (Wildman–Crippen MR) is 37.6 cm³/mol. The third-order valence-corrected chi connectivity index (χ3v) is 0.730. The maximum atomic E-state index is 8.23. The number of thiol groups is 1. The number of aliphatic hydroxyl groups is 1. The quantitative estimate of drug-likeness (QED) is 0.384. The molecular weight excluding hydrogens is 134 g/mol. The van der Waals surface area contributed by atoms with Crippen LogP contribution < -0.4 is 6.15 Å². The SMILES string of the molecule is CCC(O)S.Cl.N. The van der Waals surface area contributed by atoms with Gasteiger partial charge >= 0.3 is 0 Å². The number of halogens is 1. The van der Waals surface area contributed by atoms with Gasteiger partial charge in [-0.25, -0.2) is 0 Å². The first-order valence-corrected chi connectivity index (χ1v) is 2.15. The van der Waals surface area contributed by atoms with Crippen LogP contribution in [0.4, 0.5) is 0 Å². The first-order valence-electron chi connectivity index (χ1n) is 1.63. The second-order valence-electron chi connectivity index (χ2n) is 0.889. The van der Waals surface area contributed by atoms with Crippen molar-refractivity contribution in [2.45, 2.75) is 18.8 Å². The van der Waals surface area contributed by atoms with Crippen molar-refractivity contribution in [3.05, 3.63) is 0 Å². The molecule has 0 bridgehead atoms. The molecule has 4 heteroatoms. The molecule has 0 aliphatic heterocycles. The largest absolute Gasteiger partial charge is 0.383 e. The zero-order valence-electron chi connectivity index (χ0n) is 4.29. The summed E-state index contributed by atoms with van der Waals surface area (Å²) in [6.45, 7) is 1.87. The Morgan fingerprint density at radius 3 is 1.86 bits per heavy atom. The highest BCUT2D eigenvalue weighted by Gasteiger charge is 1.82.